The van der Waals surface area contributed by atoms with Gasteiger partial charge in [-0.15, -0.1) is 0 Å². The minimum absolute atomic E-state index is 0.0464. The van der Waals surface area contributed by atoms with Gasteiger partial charge in [-0.25, -0.2) is 0 Å². The van der Waals surface area contributed by atoms with Crippen molar-refractivity contribution in [2.45, 2.75) is 13.0 Å². The molecule has 0 aliphatic heterocycles. The van der Waals surface area contributed by atoms with Gasteiger partial charge in [-0.2, -0.15) is 0 Å². The first kappa shape index (κ1) is 11.2. The standard InChI is InChI=1S/C12H12N2O3/c1-9(10-6-7-17-8-10)13-11-4-2-3-5-12(11)14(15)16/h2-9,13H,1H3. The van der Waals surface area contributed by atoms with Gasteiger partial charge in [0, 0.05) is 11.6 Å². The summed E-state index contributed by atoms with van der Waals surface area (Å²) in [5.41, 5.74) is 1.53. The number of nitrogens with one attached hydrogen (secondary N) is 1. The summed E-state index contributed by atoms with van der Waals surface area (Å²) in [6.45, 7) is 1.92. The Morgan fingerprint density at radius 2 is 2.12 bits per heavy atom. The molecule has 1 atom stereocenters. The first-order valence-electron chi connectivity index (χ1n) is 5.20. The van der Waals surface area contributed by atoms with Crippen molar-refractivity contribution in [1.82, 2.24) is 0 Å². The van der Waals surface area contributed by atoms with Crippen LogP contribution in [0.4, 0.5) is 11.4 Å². The molecule has 0 fully saturated rings. The van der Waals surface area contributed by atoms with E-state index < -0.39 is 4.92 Å². The average Bonchev–Trinajstić information content (AvgIpc) is 2.83. The first-order valence-corrected chi connectivity index (χ1v) is 5.20. The van der Waals surface area contributed by atoms with Crippen LogP contribution in [0, 0.1) is 10.1 Å². The lowest BCUT2D eigenvalue weighted by Gasteiger charge is -2.13. The summed E-state index contributed by atoms with van der Waals surface area (Å²) in [6.07, 6.45) is 3.19. The van der Waals surface area contributed by atoms with E-state index in [0.717, 1.165) is 5.56 Å². The lowest BCUT2D eigenvalue weighted by Crippen LogP contribution is -2.07. The van der Waals surface area contributed by atoms with E-state index in [1.165, 1.54) is 6.07 Å². The van der Waals surface area contributed by atoms with Gasteiger partial charge in [0.25, 0.3) is 5.69 Å². The highest BCUT2D eigenvalue weighted by Gasteiger charge is 2.15. The predicted octanol–water partition coefficient (Wildman–Crippen LogP) is 3.36. The van der Waals surface area contributed by atoms with Crippen LogP contribution in [0.25, 0.3) is 0 Å². The lowest BCUT2D eigenvalue weighted by molar-refractivity contribution is -0.384. The molecule has 88 valence electrons. The molecule has 1 heterocycles. The molecular weight excluding hydrogens is 220 g/mol. The number of furan rings is 1. The Bertz CT molecular complexity index is 508. The largest absolute Gasteiger partial charge is 0.472 e. The van der Waals surface area contributed by atoms with E-state index in [1.807, 2.05) is 13.0 Å². The van der Waals surface area contributed by atoms with Crippen LogP contribution >= 0.6 is 0 Å². The molecule has 1 N–H and O–H groups in total. The summed E-state index contributed by atoms with van der Waals surface area (Å²) >= 11 is 0. The Balaban J connectivity index is 2.21. The van der Waals surface area contributed by atoms with Crippen molar-refractivity contribution < 1.29 is 9.34 Å². The molecule has 0 saturated heterocycles. The number of hydrogen-bond donors (Lipinski definition) is 1. The second-order valence-corrected chi connectivity index (χ2v) is 3.70. The van der Waals surface area contributed by atoms with Gasteiger partial charge in [-0.05, 0) is 19.1 Å². The highest BCUT2D eigenvalue weighted by Crippen LogP contribution is 2.27. The van der Waals surface area contributed by atoms with Crippen LogP contribution in [0.3, 0.4) is 0 Å². The van der Waals surface area contributed by atoms with Crippen molar-refractivity contribution in [2.75, 3.05) is 5.32 Å². The number of nitro benzene ring substituents is 1. The SMILES string of the molecule is CC(Nc1ccccc1[N+](=O)[O-])c1ccoc1. The van der Waals surface area contributed by atoms with Crippen LogP contribution in [0.15, 0.2) is 47.3 Å². The Morgan fingerprint density at radius 1 is 1.35 bits per heavy atom. The monoisotopic (exact) mass is 232 g/mol. The van der Waals surface area contributed by atoms with Gasteiger partial charge in [0.05, 0.1) is 23.5 Å². The van der Waals surface area contributed by atoms with Crippen LogP contribution in [0.2, 0.25) is 0 Å². The van der Waals surface area contributed by atoms with Crippen LogP contribution in [-0.4, -0.2) is 4.92 Å². The quantitative estimate of drug-likeness (QED) is 0.648. The van der Waals surface area contributed by atoms with Gasteiger partial charge >= 0.3 is 0 Å². The minimum atomic E-state index is -0.398. The highest BCUT2D eigenvalue weighted by molar-refractivity contribution is 5.61. The Labute approximate surface area is 98.2 Å². The van der Waals surface area contributed by atoms with Crippen molar-refractivity contribution in [1.29, 1.82) is 0 Å². The third-order valence-electron chi connectivity index (χ3n) is 2.52. The van der Waals surface area contributed by atoms with Crippen molar-refractivity contribution in [2.24, 2.45) is 0 Å². The number of benzene rings is 1. The lowest BCUT2D eigenvalue weighted by atomic mass is 10.1. The molecule has 5 nitrogen and oxygen atoms in total. The summed E-state index contributed by atoms with van der Waals surface area (Å²) in [5, 5.41) is 13.9. The molecule has 0 radical (unpaired) electrons. The van der Waals surface area contributed by atoms with Crippen molar-refractivity contribution >= 4 is 11.4 Å². The zero-order valence-electron chi connectivity index (χ0n) is 9.29. The molecule has 17 heavy (non-hydrogen) atoms. The number of rotatable bonds is 4. The fourth-order valence-corrected chi connectivity index (χ4v) is 1.59. The van der Waals surface area contributed by atoms with Gasteiger partial charge < -0.3 is 9.73 Å². The topological polar surface area (TPSA) is 68.3 Å². The van der Waals surface area contributed by atoms with Crippen LogP contribution in [0.1, 0.15) is 18.5 Å². The molecule has 1 unspecified atom stereocenters. The molecule has 1 aromatic carbocycles. The minimum Gasteiger partial charge on any atom is -0.472 e. The molecule has 0 amide bonds. The molecule has 0 spiro atoms. The molecule has 2 rings (SSSR count). The van der Waals surface area contributed by atoms with E-state index >= 15 is 0 Å². The maximum Gasteiger partial charge on any atom is 0.292 e. The van der Waals surface area contributed by atoms with Gasteiger partial charge in [0.15, 0.2) is 0 Å². The summed E-state index contributed by atoms with van der Waals surface area (Å²) < 4.78 is 4.98. The number of anilines is 1. The summed E-state index contributed by atoms with van der Waals surface area (Å²) in [7, 11) is 0. The Kier molecular flexibility index (Phi) is 3.09. The normalized spacial score (nSPS) is 12.1. The Morgan fingerprint density at radius 3 is 2.76 bits per heavy atom. The Hall–Kier alpha value is -2.30. The van der Waals surface area contributed by atoms with Crippen LogP contribution in [-0.2, 0) is 0 Å². The second kappa shape index (κ2) is 4.69. The fraction of sp³-hybridized carbons (Fsp3) is 0.167. The molecular formula is C12H12N2O3. The van der Waals surface area contributed by atoms with Gasteiger partial charge in [-0.3, -0.25) is 10.1 Å². The van der Waals surface area contributed by atoms with Crippen LogP contribution < -0.4 is 5.32 Å². The second-order valence-electron chi connectivity index (χ2n) is 3.70. The average molecular weight is 232 g/mol. The van der Waals surface area contributed by atoms with Crippen molar-refractivity contribution in [3.05, 3.63) is 58.5 Å². The zero-order chi connectivity index (χ0) is 12.3. The third-order valence-corrected chi connectivity index (χ3v) is 2.52. The van der Waals surface area contributed by atoms with E-state index in [0.29, 0.717) is 5.69 Å². The van der Waals surface area contributed by atoms with E-state index in [9.17, 15) is 10.1 Å². The summed E-state index contributed by atoms with van der Waals surface area (Å²) in [4.78, 5) is 10.4. The fourth-order valence-electron chi connectivity index (χ4n) is 1.59. The van der Waals surface area contributed by atoms with Gasteiger partial charge in [0.1, 0.15) is 5.69 Å². The third kappa shape index (κ3) is 2.44. The smallest absolute Gasteiger partial charge is 0.292 e. The molecule has 1 aromatic heterocycles. The van der Waals surface area contributed by atoms with E-state index in [-0.39, 0.29) is 11.7 Å². The molecule has 0 saturated carbocycles. The highest BCUT2D eigenvalue weighted by atomic mass is 16.6. The first-order chi connectivity index (χ1) is 8.18. The van der Waals surface area contributed by atoms with Crippen molar-refractivity contribution in [3.8, 4) is 0 Å². The maximum atomic E-state index is 10.8. The number of hydrogen-bond acceptors (Lipinski definition) is 4. The molecule has 2 aromatic rings. The molecule has 0 aliphatic carbocycles. The van der Waals surface area contributed by atoms with Gasteiger partial charge in [-0.1, -0.05) is 12.1 Å². The number of para-hydroxylation sites is 2. The van der Waals surface area contributed by atoms with Crippen LogP contribution in [0.5, 0.6) is 0 Å². The molecule has 0 bridgehead atoms. The summed E-state index contributed by atoms with van der Waals surface area (Å²) in [6, 6.07) is 8.35. The van der Waals surface area contributed by atoms with E-state index in [4.69, 9.17) is 4.42 Å². The zero-order valence-corrected chi connectivity index (χ0v) is 9.29. The van der Waals surface area contributed by atoms with Gasteiger partial charge in [0.2, 0.25) is 0 Å². The predicted molar refractivity (Wildman–Crippen MR) is 63.8 cm³/mol. The van der Waals surface area contributed by atoms with E-state index in [2.05, 4.69) is 5.32 Å². The molecule has 5 heteroatoms. The molecule has 0 aliphatic rings. The maximum absolute atomic E-state index is 10.8. The number of nitro groups is 1. The van der Waals surface area contributed by atoms with Crippen molar-refractivity contribution in [3.63, 3.8) is 0 Å². The van der Waals surface area contributed by atoms with E-state index in [1.54, 1.807) is 30.7 Å². The number of nitrogens with zero attached hydrogens (tertiary/aromatic N) is 1. The summed E-state index contributed by atoms with van der Waals surface area (Å²) in [5.74, 6) is 0.